The molecule has 0 bridgehead atoms. The van der Waals surface area contributed by atoms with Crippen LogP contribution in [0.2, 0.25) is 0 Å². The van der Waals surface area contributed by atoms with E-state index in [1.807, 2.05) is 0 Å². The first-order valence-electron chi connectivity index (χ1n) is 6.50. The Morgan fingerprint density at radius 3 is 2.38 bits per heavy atom. The molecule has 1 fully saturated rings. The Morgan fingerprint density at radius 2 is 1.94 bits per heavy atom. The van der Waals surface area contributed by atoms with Gasteiger partial charge in [0.15, 0.2) is 5.96 Å². The third kappa shape index (κ3) is 4.03. The molecule has 94 valence electrons. The highest BCUT2D eigenvalue weighted by molar-refractivity contribution is 5.77. The molecule has 1 rings (SSSR count). The zero-order valence-corrected chi connectivity index (χ0v) is 11.2. The van der Waals surface area contributed by atoms with E-state index in [4.69, 9.17) is 5.73 Å². The van der Waals surface area contributed by atoms with Crippen LogP contribution in [0.4, 0.5) is 0 Å². The summed E-state index contributed by atoms with van der Waals surface area (Å²) in [6, 6.07) is 0. The van der Waals surface area contributed by atoms with Crippen molar-refractivity contribution < 1.29 is 0 Å². The fourth-order valence-electron chi connectivity index (χ4n) is 1.87. The van der Waals surface area contributed by atoms with Crippen molar-refractivity contribution in [1.29, 1.82) is 0 Å². The Morgan fingerprint density at radius 1 is 1.31 bits per heavy atom. The van der Waals surface area contributed by atoms with Gasteiger partial charge in [0, 0.05) is 13.1 Å². The molecule has 0 heterocycles. The third-order valence-corrected chi connectivity index (χ3v) is 3.71. The SMILES string of the molecule is CC(C)CCNC(N)=NCC1(C(C)C)CC1. The largest absolute Gasteiger partial charge is 0.370 e. The highest BCUT2D eigenvalue weighted by Gasteiger charge is 2.44. The van der Waals surface area contributed by atoms with Gasteiger partial charge in [0.1, 0.15) is 0 Å². The number of nitrogens with one attached hydrogen (secondary N) is 1. The smallest absolute Gasteiger partial charge is 0.188 e. The van der Waals surface area contributed by atoms with E-state index in [9.17, 15) is 0 Å². The maximum Gasteiger partial charge on any atom is 0.188 e. The number of rotatable bonds is 6. The lowest BCUT2D eigenvalue weighted by Gasteiger charge is -2.17. The van der Waals surface area contributed by atoms with E-state index in [0.717, 1.165) is 25.4 Å². The number of nitrogens with two attached hydrogens (primary N) is 1. The Hall–Kier alpha value is -0.730. The van der Waals surface area contributed by atoms with E-state index in [-0.39, 0.29) is 0 Å². The summed E-state index contributed by atoms with van der Waals surface area (Å²) in [6.07, 6.45) is 3.77. The minimum Gasteiger partial charge on any atom is -0.370 e. The summed E-state index contributed by atoms with van der Waals surface area (Å²) in [7, 11) is 0. The van der Waals surface area contributed by atoms with Crippen molar-refractivity contribution in [3.8, 4) is 0 Å². The normalized spacial score (nSPS) is 19.2. The van der Waals surface area contributed by atoms with Crippen molar-refractivity contribution in [2.75, 3.05) is 13.1 Å². The van der Waals surface area contributed by atoms with Gasteiger partial charge in [-0.15, -0.1) is 0 Å². The molecule has 0 aromatic heterocycles. The quantitative estimate of drug-likeness (QED) is 0.538. The van der Waals surface area contributed by atoms with Gasteiger partial charge in [-0.2, -0.15) is 0 Å². The van der Waals surface area contributed by atoms with Crippen LogP contribution >= 0.6 is 0 Å². The Bertz CT molecular complexity index is 240. The molecule has 1 aliphatic rings. The first kappa shape index (κ1) is 13.3. The summed E-state index contributed by atoms with van der Waals surface area (Å²) in [5, 5.41) is 3.18. The number of nitrogens with zero attached hydrogens (tertiary/aromatic N) is 1. The number of hydrogen-bond acceptors (Lipinski definition) is 1. The van der Waals surface area contributed by atoms with Crippen molar-refractivity contribution in [2.24, 2.45) is 28.0 Å². The average Bonchev–Trinajstić information content (AvgIpc) is 2.95. The standard InChI is InChI=1S/C13H27N3/c1-10(2)5-8-15-12(14)16-9-13(6-7-13)11(3)4/h10-11H,5-9H2,1-4H3,(H3,14,15,16). The molecule has 0 aliphatic heterocycles. The van der Waals surface area contributed by atoms with Gasteiger partial charge < -0.3 is 11.1 Å². The predicted octanol–water partition coefficient (Wildman–Crippen LogP) is 2.37. The second kappa shape index (κ2) is 5.55. The topological polar surface area (TPSA) is 50.4 Å². The van der Waals surface area contributed by atoms with Crippen molar-refractivity contribution in [3.63, 3.8) is 0 Å². The van der Waals surface area contributed by atoms with E-state index in [2.05, 4.69) is 38.0 Å². The summed E-state index contributed by atoms with van der Waals surface area (Å²) < 4.78 is 0. The summed E-state index contributed by atoms with van der Waals surface area (Å²) in [6.45, 7) is 10.8. The van der Waals surface area contributed by atoms with Crippen LogP contribution in [-0.2, 0) is 0 Å². The van der Waals surface area contributed by atoms with Gasteiger partial charge in [-0.1, -0.05) is 27.7 Å². The molecule has 3 nitrogen and oxygen atoms in total. The highest BCUT2D eigenvalue weighted by atomic mass is 15.1. The molecule has 0 radical (unpaired) electrons. The number of guanidine groups is 1. The van der Waals surface area contributed by atoms with Gasteiger partial charge in [-0.05, 0) is 36.5 Å². The summed E-state index contributed by atoms with van der Waals surface area (Å²) >= 11 is 0. The van der Waals surface area contributed by atoms with Gasteiger partial charge >= 0.3 is 0 Å². The van der Waals surface area contributed by atoms with E-state index >= 15 is 0 Å². The molecule has 16 heavy (non-hydrogen) atoms. The second-order valence-corrected chi connectivity index (χ2v) is 5.83. The molecule has 3 heteroatoms. The van der Waals surface area contributed by atoms with Crippen LogP contribution < -0.4 is 11.1 Å². The van der Waals surface area contributed by atoms with Crippen molar-refractivity contribution in [3.05, 3.63) is 0 Å². The molecule has 0 aromatic rings. The van der Waals surface area contributed by atoms with Gasteiger partial charge in [-0.3, -0.25) is 4.99 Å². The lowest BCUT2D eigenvalue weighted by atomic mass is 9.93. The third-order valence-electron chi connectivity index (χ3n) is 3.71. The first-order valence-corrected chi connectivity index (χ1v) is 6.50. The van der Waals surface area contributed by atoms with E-state index < -0.39 is 0 Å². The molecule has 1 aliphatic carbocycles. The Labute approximate surface area is 99.9 Å². The van der Waals surface area contributed by atoms with Crippen LogP contribution in [0, 0.1) is 17.3 Å². The van der Waals surface area contributed by atoms with Crippen molar-refractivity contribution >= 4 is 5.96 Å². The summed E-state index contributed by atoms with van der Waals surface area (Å²) in [4.78, 5) is 4.46. The molecule has 3 N–H and O–H groups in total. The van der Waals surface area contributed by atoms with Gasteiger partial charge in [0.25, 0.3) is 0 Å². The minimum atomic E-state index is 0.463. The summed E-state index contributed by atoms with van der Waals surface area (Å²) in [5.41, 5.74) is 6.30. The van der Waals surface area contributed by atoms with Crippen molar-refractivity contribution in [1.82, 2.24) is 5.32 Å². The van der Waals surface area contributed by atoms with Crippen LogP contribution in [-0.4, -0.2) is 19.0 Å². The second-order valence-electron chi connectivity index (χ2n) is 5.83. The van der Waals surface area contributed by atoms with Gasteiger partial charge in [0.05, 0.1) is 0 Å². The molecular weight excluding hydrogens is 198 g/mol. The lowest BCUT2D eigenvalue weighted by Crippen LogP contribution is -2.33. The molecule has 0 unspecified atom stereocenters. The van der Waals surface area contributed by atoms with E-state index in [1.165, 1.54) is 12.8 Å². The molecule has 1 saturated carbocycles. The predicted molar refractivity (Wildman–Crippen MR) is 70.5 cm³/mol. The minimum absolute atomic E-state index is 0.463. The maximum atomic E-state index is 5.83. The molecule has 0 saturated heterocycles. The molecule has 0 spiro atoms. The maximum absolute atomic E-state index is 5.83. The monoisotopic (exact) mass is 225 g/mol. The first-order chi connectivity index (χ1) is 7.46. The van der Waals surface area contributed by atoms with Crippen LogP contribution in [0.15, 0.2) is 4.99 Å². The van der Waals surface area contributed by atoms with Crippen LogP contribution in [0.1, 0.15) is 47.0 Å². The van der Waals surface area contributed by atoms with E-state index in [0.29, 0.717) is 17.3 Å². The Balaban J connectivity index is 2.23. The average molecular weight is 225 g/mol. The number of hydrogen-bond donors (Lipinski definition) is 2. The highest BCUT2D eigenvalue weighted by Crippen LogP contribution is 2.51. The van der Waals surface area contributed by atoms with Crippen LogP contribution in [0.25, 0.3) is 0 Å². The lowest BCUT2D eigenvalue weighted by molar-refractivity contribution is 0.370. The molecule has 0 atom stereocenters. The molecular formula is C13H27N3. The molecule has 0 aromatic carbocycles. The van der Waals surface area contributed by atoms with Crippen LogP contribution in [0.5, 0.6) is 0 Å². The zero-order chi connectivity index (χ0) is 12.2. The molecule has 0 amide bonds. The van der Waals surface area contributed by atoms with E-state index in [1.54, 1.807) is 0 Å². The van der Waals surface area contributed by atoms with Gasteiger partial charge in [-0.25, -0.2) is 0 Å². The summed E-state index contributed by atoms with van der Waals surface area (Å²) in [5.74, 6) is 2.05. The van der Waals surface area contributed by atoms with Crippen LogP contribution in [0.3, 0.4) is 0 Å². The van der Waals surface area contributed by atoms with Gasteiger partial charge in [0.2, 0.25) is 0 Å². The Kier molecular flexibility index (Phi) is 4.63. The fourth-order valence-corrected chi connectivity index (χ4v) is 1.87. The zero-order valence-electron chi connectivity index (χ0n) is 11.2. The van der Waals surface area contributed by atoms with Crippen molar-refractivity contribution in [2.45, 2.75) is 47.0 Å². The fraction of sp³-hybridized carbons (Fsp3) is 0.923. The number of aliphatic imine (C=N–C) groups is 1.